The van der Waals surface area contributed by atoms with Crippen molar-refractivity contribution >= 4 is 18.0 Å². The van der Waals surface area contributed by atoms with Gasteiger partial charge in [-0.05, 0) is 41.0 Å². The molecule has 3 aromatic carbocycles. The van der Waals surface area contributed by atoms with Crippen molar-refractivity contribution in [2.45, 2.75) is 59.4 Å². The fourth-order valence-corrected chi connectivity index (χ4v) is 5.32. The molecule has 1 atom stereocenters. The third kappa shape index (κ3) is 8.80. The van der Waals surface area contributed by atoms with E-state index in [0.29, 0.717) is 42.8 Å². The average molecular weight is 571 g/mol. The lowest BCUT2D eigenvalue weighted by atomic mass is 9.83. The van der Waals surface area contributed by atoms with Crippen LogP contribution in [0.2, 0.25) is 0 Å². The second-order valence-electron chi connectivity index (χ2n) is 11.7. The summed E-state index contributed by atoms with van der Waals surface area (Å²) >= 11 is 0. The lowest BCUT2D eigenvalue weighted by Gasteiger charge is -2.28. The Morgan fingerprint density at radius 3 is 2.07 bits per heavy atom. The van der Waals surface area contributed by atoms with E-state index in [9.17, 15) is 9.59 Å². The Morgan fingerprint density at radius 2 is 1.43 bits per heavy atom. The van der Waals surface area contributed by atoms with Crippen molar-refractivity contribution in [3.8, 4) is 5.75 Å². The Bertz CT molecular complexity index is 1320. The van der Waals surface area contributed by atoms with Crippen LogP contribution in [0.3, 0.4) is 0 Å². The number of para-hydroxylation sites is 1. The second kappa shape index (κ2) is 14.8. The molecular weight excluding hydrogens is 528 g/mol. The van der Waals surface area contributed by atoms with E-state index in [4.69, 9.17) is 18.9 Å². The van der Waals surface area contributed by atoms with Gasteiger partial charge in [-0.15, -0.1) is 0 Å². The molecule has 1 fully saturated rings. The van der Waals surface area contributed by atoms with Gasteiger partial charge in [0.05, 0.1) is 13.2 Å². The fourth-order valence-electron chi connectivity index (χ4n) is 5.32. The Balaban J connectivity index is 1.49. The number of hydrogen-bond donors (Lipinski definition) is 0. The average Bonchev–Trinajstić information content (AvgIpc) is 3.29. The number of rotatable bonds is 14. The van der Waals surface area contributed by atoms with Gasteiger partial charge in [0.1, 0.15) is 19.0 Å². The monoisotopic (exact) mass is 570 g/mol. The number of ether oxygens (including phenoxy) is 4. The SMILES string of the molecule is CC(C)C(CC(=O)OCC1(COCc2ccccc2)C/C(=C\c2ccccc2OCc2ccccc2)C(=O)O1)C(C)C. The first-order valence-corrected chi connectivity index (χ1v) is 14.7. The van der Waals surface area contributed by atoms with Gasteiger partial charge in [0.15, 0.2) is 5.60 Å². The van der Waals surface area contributed by atoms with E-state index in [0.717, 1.165) is 16.7 Å². The minimum atomic E-state index is -1.11. The standard InChI is InChI=1S/C36H42O6/c1-26(2)32(27(3)4)20-34(37)41-25-36(24-39-22-28-13-7-5-8-14-28)21-31(35(38)42-36)19-30-17-11-12-18-33(30)40-23-29-15-9-6-10-16-29/h5-19,26-27,32H,20-25H2,1-4H3/b31-19+. The van der Waals surface area contributed by atoms with Crippen molar-refractivity contribution in [1.29, 1.82) is 0 Å². The maximum Gasteiger partial charge on any atom is 0.334 e. The summed E-state index contributed by atoms with van der Waals surface area (Å²) in [5.74, 6) is 0.830. The third-order valence-electron chi connectivity index (χ3n) is 7.66. The van der Waals surface area contributed by atoms with Crippen LogP contribution in [-0.2, 0) is 37.0 Å². The zero-order valence-electron chi connectivity index (χ0n) is 25.1. The molecule has 0 aliphatic carbocycles. The highest BCUT2D eigenvalue weighted by Crippen LogP contribution is 2.35. The highest BCUT2D eigenvalue weighted by molar-refractivity contribution is 5.96. The Hall–Kier alpha value is -3.90. The maximum absolute atomic E-state index is 13.2. The summed E-state index contributed by atoms with van der Waals surface area (Å²) in [4.78, 5) is 26.1. The highest BCUT2D eigenvalue weighted by atomic mass is 16.6. The zero-order chi connectivity index (χ0) is 30.0. The van der Waals surface area contributed by atoms with Crippen LogP contribution in [0.1, 0.15) is 57.2 Å². The molecule has 42 heavy (non-hydrogen) atoms. The van der Waals surface area contributed by atoms with Gasteiger partial charge < -0.3 is 18.9 Å². The van der Waals surface area contributed by atoms with Crippen LogP contribution in [0.15, 0.2) is 90.5 Å². The van der Waals surface area contributed by atoms with Crippen LogP contribution in [0.25, 0.3) is 6.08 Å². The molecule has 222 valence electrons. The number of hydrogen-bond acceptors (Lipinski definition) is 6. The molecule has 0 bridgehead atoms. The molecule has 0 N–H and O–H groups in total. The van der Waals surface area contributed by atoms with Crippen molar-refractivity contribution in [3.63, 3.8) is 0 Å². The van der Waals surface area contributed by atoms with Gasteiger partial charge in [-0.3, -0.25) is 4.79 Å². The van der Waals surface area contributed by atoms with E-state index >= 15 is 0 Å². The number of carbonyl (C=O) groups excluding carboxylic acids is 2. The van der Waals surface area contributed by atoms with Gasteiger partial charge in [0.25, 0.3) is 0 Å². The topological polar surface area (TPSA) is 71.1 Å². The van der Waals surface area contributed by atoms with Crippen LogP contribution in [0, 0.1) is 17.8 Å². The zero-order valence-corrected chi connectivity index (χ0v) is 25.1. The summed E-state index contributed by atoms with van der Waals surface area (Å²) < 4.78 is 23.8. The number of carbonyl (C=O) groups is 2. The molecule has 0 aromatic heterocycles. The van der Waals surface area contributed by atoms with E-state index in [-0.39, 0.29) is 31.5 Å². The largest absolute Gasteiger partial charge is 0.488 e. The molecule has 0 amide bonds. The summed E-state index contributed by atoms with van der Waals surface area (Å²) in [5, 5.41) is 0. The van der Waals surface area contributed by atoms with Crippen LogP contribution >= 0.6 is 0 Å². The van der Waals surface area contributed by atoms with Crippen molar-refractivity contribution in [3.05, 3.63) is 107 Å². The van der Waals surface area contributed by atoms with Gasteiger partial charge >= 0.3 is 11.9 Å². The maximum atomic E-state index is 13.2. The molecule has 4 rings (SSSR count). The molecule has 6 nitrogen and oxygen atoms in total. The highest BCUT2D eigenvalue weighted by Gasteiger charge is 2.45. The molecule has 0 spiro atoms. The number of benzene rings is 3. The first-order chi connectivity index (χ1) is 20.2. The summed E-state index contributed by atoms with van der Waals surface area (Å²) in [6, 6.07) is 27.3. The molecule has 1 aliphatic heterocycles. The Morgan fingerprint density at radius 1 is 0.833 bits per heavy atom. The first-order valence-electron chi connectivity index (χ1n) is 14.7. The summed E-state index contributed by atoms with van der Waals surface area (Å²) in [7, 11) is 0. The normalized spacial score (nSPS) is 17.7. The van der Waals surface area contributed by atoms with E-state index < -0.39 is 11.6 Å². The lowest BCUT2D eigenvalue weighted by Crippen LogP contribution is -2.40. The van der Waals surface area contributed by atoms with Gasteiger partial charge in [0, 0.05) is 24.0 Å². The van der Waals surface area contributed by atoms with Gasteiger partial charge in [-0.2, -0.15) is 0 Å². The molecule has 1 aliphatic rings. The molecule has 1 saturated heterocycles. The molecular formula is C36H42O6. The van der Waals surface area contributed by atoms with Crippen LogP contribution in [0.4, 0.5) is 0 Å². The van der Waals surface area contributed by atoms with Gasteiger partial charge in [-0.25, -0.2) is 4.79 Å². The van der Waals surface area contributed by atoms with E-state index in [1.165, 1.54) is 0 Å². The lowest BCUT2D eigenvalue weighted by molar-refractivity contribution is -0.170. The Labute approximate surface area is 249 Å². The van der Waals surface area contributed by atoms with Crippen molar-refractivity contribution < 1.29 is 28.5 Å². The molecule has 1 heterocycles. The fraction of sp³-hybridized carbons (Fsp3) is 0.389. The van der Waals surface area contributed by atoms with E-state index in [1.54, 1.807) is 6.08 Å². The van der Waals surface area contributed by atoms with Crippen LogP contribution in [0.5, 0.6) is 5.75 Å². The van der Waals surface area contributed by atoms with Crippen molar-refractivity contribution in [2.75, 3.05) is 13.2 Å². The minimum Gasteiger partial charge on any atom is -0.488 e. The smallest absolute Gasteiger partial charge is 0.334 e. The molecule has 0 radical (unpaired) electrons. The first kappa shape index (κ1) is 31.0. The van der Waals surface area contributed by atoms with Crippen molar-refractivity contribution in [2.24, 2.45) is 17.8 Å². The van der Waals surface area contributed by atoms with Crippen LogP contribution < -0.4 is 4.74 Å². The minimum absolute atomic E-state index is 0.0707. The predicted molar refractivity (Wildman–Crippen MR) is 163 cm³/mol. The van der Waals surface area contributed by atoms with Gasteiger partial charge in [-0.1, -0.05) is 107 Å². The predicted octanol–water partition coefficient (Wildman–Crippen LogP) is 7.41. The number of esters is 2. The van der Waals surface area contributed by atoms with Crippen molar-refractivity contribution in [1.82, 2.24) is 0 Å². The molecule has 1 unspecified atom stereocenters. The van der Waals surface area contributed by atoms with Crippen LogP contribution in [-0.4, -0.2) is 30.8 Å². The Kier molecular flexibility index (Phi) is 11.0. The summed E-state index contributed by atoms with van der Waals surface area (Å²) in [6.07, 6.45) is 2.37. The van der Waals surface area contributed by atoms with E-state index in [2.05, 4.69) is 27.7 Å². The summed E-state index contributed by atoms with van der Waals surface area (Å²) in [6.45, 7) is 9.27. The quantitative estimate of drug-likeness (QED) is 0.148. The second-order valence-corrected chi connectivity index (χ2v) is 11.7. The summed E-state index contributed by atoms with van der Waals surface area (Å²) in [5.41, 5.74) is 2.19. The number of cyclic esters (lactones) is 1. The van der Waals surface area contributed by atoms with E-state index in [1.807, 2.05) is 84.9 Å². The third-order valence-corrected chi connectivity index (χ3v) is 7.66. The molecule has 3 aromatic rings. The molecule has 0 saturated carbocycles. The molecule has 6 heteroatoms. The van der Waals surface area contributed by atoms with Gasteiger partial charge in [0.2, 0.25) is 0 Å².